The summed E-state index contributed by atoms with van der Waals surface area (Å²) < 4.78 is 1.71. The van der Waals surface area contributed by atoms with Gasteiger partial charge in [-0.25, -0.2) is 0 Å². The fourth-order valence-electron chi connectivity index (χ4n) is 6.86. The highest BCUT2D eigenvalue weighted by molar-refractivity contribution is 5.85. The Morgan fingerprint density at radius 3 is 2.50 bits per heavy atom. The summed E-state index contributed by atoms with van der Waals surface area (Å²) in [5, 5.41) is 13.5. The quantitative estimate of drug-likeness (QED) is 0.658. The third-order valence-electron chi connectivity index (χ3n) is 8.61. The summed E-state index contributed by atoms with van der Waals surface area (Å²) in [5.74, 6) is -0.985. The number of pyridine rings is 1. The van der Waals surface area contributed by atoms with E-state index in [2.05, 4.69) is 10.2 Å². The normalized spacial score (nSPS) is 29.6. The average Bonchev–Trinajstić information content (AvgIpc) is 3.11. The minimum Gasteiger partial charge on any atom is -0.396 e. The molecule has 1 aromatic heterocycles. The number of carbonyl (C=O) groups excluding carboxylic acids is 2. The van der Waals surface area contributed by atoms with Crippen molar-refractivity contribution in [1.82, 2.24) is 19.7 Å². The van der Waals surface area contributed by atoms with Gasteiger partial charge in [-0.1, -0.05) is 31.7 Å². The van der Waals surface area contributed by atoms with E-state index in [-0.39, 0.29) is 41.9 Å². The van der Waals surface area contributed by atoms with E-state index in [4.69, 9.17) is 0 Å². The molecule has 0 spiro atoms. The van der Waals surface area contributed by atoms with E-state index in [1.807, 2.05) is 11.0 Å². The number of aromatic nitrogens is 1. The highest BCUT2D eigenvalue weighted by Crippen LogP contribution is 2.49. The van der Waals surface area contributed by atoms with Gasteiger partial charge in [0.05, 0.1) is 18.0 Å². The molecule has 2 amide bonds. The van der Waals surface area contributed by atoms with Crippen molar-refractivity contribution in [3.8, 4) is 0 Å². The first-order valence-corrected chi connectivity index (χ1v) is 13.2. The van der Waals surface area contributed by atoms with Gasteiger partial charge in [0, 0.05) is 49.8 Å². The summed E-state index contributed by atoms with van der Waals surface area (Å²) in [6, 6.07) is 4.28. The second kappa shape index (κ2) is 10.2. The fraction of sp³-hybridized carbons (Fsp3) is 0.731. The van der Waals surface area contributed by atoms with Crippen molar-refractivity contribution in [3.05, 3.63) is 34.2 Å². The van der Waals surface area contributed by atoms with E-state index in [1.165, 1.54) is 25.3 Å². The number of likely N-dealkylation sites (tertiary alicyclic amines) is 1. The van der Waals surface area contributed by atoms with Crippen LogP contribution in [0.5, 0.6) is 0 Å². The molecule has 2 N–H and O–H groups in total. The summed E-state index contributed by atoms with van der Waals surface area (Å²) in [7, 11) is 0. The molecule has 4 heterocycles. The predicted molar refractivity (Wildman–Crippen MR) is 128 cm³/mol. The van der Waals surface area contributed by atoms with Crippen molar-refractivity contribution < 1.29 is 14.7 Å². The average molecular weight is 471 g/mol. The first-order valence-electron chi connectivity index (χ1n) is 13.2. The van der Waals surface area contributed by atoms with Gasteiger partial charge in [-0.2, -0.15) is 0 Å². The Morgan fingerprint density at radius 1 is 1.03 bits per heavy atom. The predicted octanol–water partition coefficient (Wildman–Crippen LogP) is 1.52. The van der Waals surface area contributed by atoms with Crippen LogP contribution in [0.2, 0.25) is 0 Å². The van der Waals surface area contributed by atoms with Gasteiger partial charge in [-0.05, 0) is 44.8 Å². The smallest absolute Gasteiger partial charge is 0.250 e. The third-order valence-corrected chi connectivity index (χ3v) is 8.61. The second-order valence-corrected chi connectivity index (χ2v) is 10.6. The van der Waals surface area contributed by atoms with Crippen LogP contribution in [0.3, 0.4) is 0 Å². The lowest BCUT2D eigenvalue weighted by atomic mass is 9.86. The van der Waals surface area contributed by atoms with Crippen LogP contribution in [0, 0.1) is 17.8 Å². The zero-order valence-corrected chi connectivity index (χ0v) is 20.0. The number of hydrogen-bond acceptors (Lipinski definition) is 5. The molecule has 1 saturated carbocycles. The van der Waals surface area contributed by atoms with Crippen LogP contribution in [0.4, 0.5) is 0 Å². The lowest BCUT2D eigenvalue weighted by molar-refractivity contribution is -0.142. The minimum absolute atomic E-state index is 0.0269. The summed E-state index contributed by atoms with van der Waals surface area (Å²) in [6.07, 6.45) is 8.72. The van der Waals surface area contributed by atoms with Crippen LogP contribution in [0.1, 0.15) is 63.1 Å². The molecule has 4 aliphatic rings. The van der Waals surface area contributed by atoms with Crippen molar-refractivity contribution in [2.45, 2.75) is 70.0 Å². The molecule has 1 aliphatic carbocycles. The number of aliphatic hydroxyl groups is 1. The maximum absolute atomic E-state index is 13.8. The molecule has 2 saturated heterocycles. The molecule has 1 aromatic rings. The number of amides is 2. The van der Waals surface area contributed by atoms with E-state index in [9.17, 15) is 19.5 Å². The van der Waals surface area contributed by atoms with Gasteiger partial charge < -0.3 is 24.8 Å². The zero-order valence-electron chi connectivity index (χ0n) is 20.0. The van der Waals surface area contributed by atoms with Gasteiger partial charge in [0.15, 0.2) is 0 Å². The zero-order chi connectivity index (χ0) is 23.7. The summed E-state index contributed by atoms with van der Waals surface area (Å²) in [6.45, 7) is 3.68. The van der Waals surface area contributed by atoms with Crippen LogP contribution in [0.15, 0.2) is 23.0 Å². The standard InChI is InChI=1S/C26H38N4O4/c31-17-19-21-16-29-20(10-7-11-22(29)32)24(30(21)26(34)18-8-3-1-4-9-18)23(19)25(33)27-12-15-28-13-5-2-6-14-28/h7,10-11,18-19,21,23-24,31H,1-6,8-9,12-17H2,(H,27,33)/t19-,21-,23+,24+/m1/s1. The van der Waals surface area contributed by atoms with Gasteiger partial charge >= 0.3 is 0 Å². The van der Waals surface area contributed by atoms with Crippen LogP contribution in [-0.4, -0.2) is 70.1 Å². The molecule has 8 heteroatoms. The Kier molecular flexibility index (Phi) is 7.06. The monoisotopic (exact) mass is 470 g/mol. The highest BCUT2D eigenvalue weighted by atomic mass is 16.3. The number of piperidine rings is 1. The molecule has 4 atom stereocenters. The number of nitrogens with zero attached hydrogens (tertiary/aromatic N) is 3. The van der Waals surface area contributed by atoms with Gasteiger partial charge in [0.25, 0.3) is 5.56 Å². The molecule has 0 aromatic carbocycles. The SMILES string of the molecule is O=C(NCCN1CCCCC1)[C@H]1[C@H](CO)[C@H]2Cn3c(cccc3=O)[C@@H]1N2C(=O)C1CCCCC1. The molecule has 2 bridgehead atoms. The maximum atomic E-state index is 13.8. The molecule has 0 unspecified atom stereocenters. The molecular weight excluding hydrogens is 432 g/mol. The van der Waals surface area contributed by atoms with Crippen molar-refractivity contribution in [2.24, 2.45) is 17.8 Å². The minimum atomic E-state index is -0.556. The largest absolute Gasteiger partial charge is 0.396 e. The molecule has 3 fully saturated rings. The summed E-state index contributed by atoms with van der Waals surface area (Å²) in [4.78, 5) is 44.3. The molecule has 3 aliphatic heterocycles. The highest BCUT2D eigenvalue weighted by Gasteiger charge is 2.57. The van der Waals surface area contributed by atoms with Gasteiger partial charge in [-0.3, -0.25) is 14.4 Å². The summed E-state index contributed by atoms with van der Waals surface area (Å²) >= 11 is 0. The first kappa shape index (κ1) is 23.5. The van der Waals surface area contributed by atoms with E-state index < -0.39 is 12.0 Å². The fourth-order valence-corrected chi connectivity index (χ4v) is 6.86. The van der Waals surface area contributed by atoms with E-state index in [1.54, 1.807) is 10.6 Å². The lowest BCUT2D eigenvalue weighted by Crippen LogP contribution is -2.51. The number of nitrogens with one attached hydrogen (secondary N) is 1. The van der Waals surface area contributed by atoms with Crippen LogP contribution in [-0.2, 0) is 16.1 Å². The van der Waals surface area contributed by atoms with Crippen LogP contribution < -0.4 is 10.9 Å². The van der Waals surface area contributed by atoms with E-state index >= 15 is 0 Å². The van der Waals surface area contributed by atoms with Gasteiger partial charge in [0.1, 0.15) is 0 Å². The molecular formula is C26H38N4O4. The second-order valence-electron chi connectivity index (χ2n) is 10.6. The Hall–Kier alpha value is -2.19. The molecule has 34 heavy (non-hydrogen) atoms. The van der Waals surface area contributed by atoms with E-state index in [0.717, 1.165) is 57.4 Å². The van der Waals surface area contributed by atoms with Crippen molar-refractivity contribution in [3.63, 3.8) is 0 Å². The molecule has 8 nitrogen and oxygen atoms in total. The topological polar surface area (TPSA) is 94.9 Å². The maximum Gasteiger partial charge on any atom is 0.250 e. The molecule has 186 valence electrons. The third kappa shape index (κ3) is 4.31. The van der Waals surface area contributed by atoms with Crippen molar-refractivity contribution in [1.29, 1.82) is 0 Å². The van der Waals surface area contributed by atoms with Gasteiger partial charge in [0.2, 0.25) is 11.8 Å². The van der Waals surface area contributed by atoms with E-state index in [0.29, 0.717) is 13.1 Å². The van der Waals surface area contributed by atoms with Crippen LogP contribution in [0.25, 0.3) is 0 Å². The Labute approximate surface area is 201 Å². The lowest BCUT2D eigenvalue weighted by Gasteiger charge is -2.40. The van der Waals surface area contributed by atoms with Gasteiger partial charge in [-0.15, -0.1) is 0 Å². The number of carbonyl (C=O) groups is 2. The van der Waals surface area contributed by atoms with Crippen molar-refractivity contribution >= 4 is 11.8 Å². The summed E-state index contributed by atoms with van der Waals surface area (Å²) in [5.41, 5.74) is 0.611. The number of hydrogen-bond donors (Lipinski definition) is 2. The molecule has 5 rings (SSSR count). The van der Waals surface area contributed by atoms with Crippen molar-refractivity contribution in [2.75, 3.05) is 32.8 Å². The Bertz CT molecular complexity index is 950. The number of aliphatic hydroxyl groups excluding tert-OH is 1. The van der Waals surface area contributed by atoms with Crippen LogP contribution >= 0.6 is 0 Å². The number of fused-ring (bicyclic) bond motifs is 4. The first-order chi connectivity index (χ1) is 16.6. The Morgan fingerprint density at radius 2 is 1.76 bits per heavy atom. The number of rotatable bonds is 6. The molecule has 0 radical (unpaired) electrons. The Balaban J connectivity index is 1.41.